The number of likely N-dealkylation sites (N-methyl/N-ethyl adjacent to an activating group) is 1. The van der Waals surface area contributed by atoms with Crippen molar-refractivity contribution in [2.24, 2.45) is 11.5 Å². The number of carbonyl (C=O) groups excluding carboxylic acids is 11. The number of ketones is 1. The van der Waals surface area contributed by atoms with Crippen LogP contribution in [0.5, 0.6) is 0 Å². The molecule has 2 aliphatic heterocycles. The predicted molar refractivity (Wildman–Crippen MR) is 487 cm³/mol. The number of aromatic amines is 3. The minimum Gasteiger partial charge on any atom is -0.480 e. The number of aliphatic carboxylic acids is 3. The molecule has 2 aliphatic rings. The molecule has 43 nitrogen and oxygen atoms in total. The lowest BCUT2D eigenvalue weighted by Gasteiger charge is -2.32. The molecule has 0 radical (unpaired) electrons. The SMILES string of the molecule is CNCC(=O)N[C@@H](CCCNC(=N)N)C(=O)N[C@@H](Cc1c[nH]c2ccccc12)C(=O)N[C@@H](CO)C(=O)N[C@@H](Cc1cnc[nH]1)C(=O)N[C@H](CCCNC(=N)N)C(=O)N[C@@H](Cc1c[nH]c2ccccc12)C(=O)N[C@@H](Cc1ccc(C(=O)c2ccccc2)cc1)C(=O)N1CCC[C@H]1C(=O)NCCCCCCNC(=O)CN1CCN(CC(=O)O)CCN(CC(=O)O)CCN(CC(=O)O)CC1. The minimum atomic E-state index is -1.82. The topological polar surface area (TPSA) is 640 Å². The number of fused-ring (bicyclic) bond motifs is 2. The average Bonchev–Trinajstić information content (AvgIpc) is 1.17. The first kappa shape index (κ1) is 102. The molecule has 9 rings (SSSR count). The van der Waals surface area contributed by atoms with Gasteiger partial charge in [0.25, 0.3) is 0 Å². The number of amides is 10. The molecule has 0 saturated carbocycles. The Bertz CT molecular complexity index is 5020. The van der Waals surface area contributed by atoms with Gasteiger partial charge in [0.15, 0.2) is 17.7 Å². The molecule has 2 fully saturated rings. The predicted octanol–water partition coefficient (Wildman–Crippen LogP) is -2.74. The summed E-state index contributed by atoms with van der Waals surface area (Å²) in [4.78, 5) is 217. The van der Waals surface area contributed by atoms with Crippen LogP contribution in [0.3, 0.4) is 0 Å². The molecule has 43 heteroatoms. The van der Waals surface area contributed by atoms with Crippen LogP contribution in [0, 0.1) is 10.8 Å². The van der Waals surface area contributed by atoms with Crippen LogP contribution >= 0.6 is 0 Å². The number of rotatable bonds is 51. The highest BCUT2D eigenvalue weighted by molar-refractivity contribution is 6.09. The van der Waals surface area contributed by atoms with Gasteiger partial charge in [0.2, 0.25) is 59.1 Å². The number of hydrogen-bond donors (Lipinski definition) is 23. The van der Waals surface area contributed by atoms with Gasteiger partial charge in [-0.05, 0) is 87.2 Å². The number of aliphatic hydroxyl groups excluding tert-OH is 1. The zero-order valence-corrected chi connectivity index (χ0v) is 73.9. The molecule has 0 bridgehead atoms. The maximum absolute atomic E-state index is 15.7. The Labute approximate surface area is 762 Å². The summed E-state index contributed by atoms with van der Waals surface area (Å²) in [6.07, 6.45) is 8.23. The summed E-state index contributed by atoms with van der Waals surface area (Å²) in [5.41, 5.74) is 15.2. The fourth-order valence-electron chi connectivity index (χ4n) is 15.8. The third kappa shape index (κ3) is 33.3. The molecule has 7 aromatic rings. The van der Waals surface area contributed by atoms with E-state index in [1.807, 2.05) is 4.90 Å². The number of nitrogens with two attached hydrogens (primary N) is 2. The molecule has 3 aromatic heterocycles. The third-order valence-electron chi connectivity index (χ3n) is 22.7. The van der Waals surface area contributed by atoms with Crippen LogP contribution < -0.4 is 75.3 Å². The Balaban J connectivity index is 0.902. The highest BCUT2D eigenvalue weighted by atomic mass is 16.4. The van der Waals surface area contributed by atoms with Crippen molar-refractivity contribution in [1.29, 1.82) is 10.8 Å². The van der Waals surface area contributed by atoms with Crippen LogP contribution in [0.1, 0.15) is 103 Å². The molecule has 712 valence electrons. The second-order valence-corrected chi connectivity index (χ2v) is 32.7. The van der Waals surface area contributed by atoms with E-state index in [1.165, 1.54) is 24.5 Å². The van der Waals surface area contributed by atoms with Crippen molar-refractivity contribution in [3.63, 3.8) is 0 Å². The van der Waals surface area contributed by atoms with E-state index in [0.717, 1.165) is 0 Å². The lowest BCUT2D eigenvalue weighted by atomic mass is 9.98. The van der Waals surface area contributed by atoms with E-state index in [-0.39, 0.29) is 187 Å². The molecule has 2 saturated heterocycles. The molecule has 10 amide bonds. The molecule has 132 heavy (non-hydrogen) atoms. The number of carboxylic acids is 3. The van der Waals surface area contributed by atoms with Crippen LogP contribution in [0.25, 0.3) is 21.8 Å². The number of para-hydroxylation sites is 2. The van der Waals surface area contributed by atoms with Gasteiger partial charge in [-0.3, -0.25) is 97.5 Å². The molecule has 4 aromatic carbocycles. The number of carboxylic acid groups (broad SMARTS) is 3. The zero-order valence-electron chi connectivity index (χ0n) is 73.9. The summed E-state index contributed by atoms with van der Waals surface area (Å²) in [5.74, 6) is -11.8. The number of aromatic nitrogens is 4. The van der Waals surface area contributed by atoms with E-state index in [4.69, 9.17) is 22.3 Å². The van der Waals surface area contributed by atoms with Crippen LogP contribution in [-0.2, 0) is 88.0 Å². The number of aliphatic hydroxyl groups is 1. The molecular weight excluding hydrogens is 1710 g/mol. The van der Waals surface area contributed by atoms with Crippen molar-refractivity contribution in [3.05, 3.63) is 162 Å². The fourth-order valence-corrected chi connectivity index (χ4v) is 15.8. The summed E-state index contributed by atoms with van der Waals surface area (Å²) in [7, 11) is 1.53. The Morgan fingerprint density at radius 3 is 1.35 bits per heavy atom. The number of hydrogen-bond acceptors (Lipinski definition) is 23. The molecule has 25 N–H and O–H groups in total. The number of likely N-dealkylation sites (tertiary alicyclic amines) is 1. The Kier molecular flexibility index (Phi) is 40.8. The van der Waals surface area contributed by atoms with Crippen molar-refractivity contribution in [2.75, 3.05) is 131 Å². The smallest absolute Gasteiger partial charge is 0.317 e. The number of nitrogens with zero attached hydrogens (tertiary/aromatic N) is 6. The number of unbranched alkanes of at least 4 members (excludes halogenated alkanes) is 3. The van der Waals surface area contributed by atoms with E-state index in [2.05, 4.69) is 83.7 Å². The quantitative estimate of drug-likeness (QED) is 0.00796. The summed E-state index contributed by atoms with van der Waals surface area (Å²) in [6.45, 7) is 0.563. The monoisotopic (exact) mass is 1830 g/mol. The van der Waals surface area contributed by atoms with Gasteiger partial charge in [0.1, 0.15) is 48.3 Å². The van der Waals surface area contributed by atoms with E-state index in [0.29, 0.717) is 94.0 Å². The lowest BCUT2D eigenvalue weighted by Crippen LogP contribution is -2.61. The fraction of sp³-hybridized carbons (Fsp3) is 0.472. The van der Waals surface area contributed by atoms with Gasteiger partial charge >= 0.3 is 17.9 Å². The largest absolute Gasteiger partial charge is 0.480 e. The summed E-state index contributed by atoms with van der Waals surface area (Å²) < 4.78 is 0. The molecule has 0 unspecified atom stereocenters. The maximum Gasteiger partial charge on any atom is 0.317 e. The van der Waals surface area contributed by atoms with Gasteiger partial charge in [-0.2, -0.15) is 0 Å². The second kappa shape index (κ2) is 52.8. The van der Waals surface area contributed by atoms with E-state index < -0.39 is 132 Å². The Morgan fingerprint density at radius 1 is 0.447 bits per heavy atom. The summed E-state index contributed by atoms with van der Waals surface area (Å²) in [6, 6.07) is 17.7. The maximum atomic E-state index is 15.7. The molecule has 5 heterocycles. The van der Waals surface area contributed by atoms with Crippen LogP contribution in [0.4, 0.5) is 0 Å². The van der Waals surface area contributed by atoms with Crippen molar-refractivity contribution in [3.8, 4) is 0 Å². The van der Waals surface area contributed by atoms with Gasteiger partial charge in [0, 0.05) is 168 Å². The van der Waals surface area contributed by atoms with Gasteiger partial charge in [-0.25, -0.2) is 4.98 Å². The van der Waals surface area contributed by atoms with Crippen LogP contribution in [0.15, 0.2) is 128 Å². The van der Waals surface area contributed by atoms with E-state index in [1.54, 1.807) is 130 Å². The number of benzene rings is 4. The third-order valence-corrected chi connectivity index (χ3v) is 22.7. The molecule has 0 spiro atoms. The van der Waals surface area contributed by atoms with Gasteiger partial charge < -0.3 is 116 Å². The highest BCUT2D eigenvalue weighted by Gasteiger charge is 2.41. The molecule has 0 aliphatic carbocycles. The van der Waals surface area contributed by atoms with Crippen molar-refractivity contribution in [2.45, 2.75) is 138 Å². The van der Waals surface area contributed by atoms with Crippen LogP contribution in [-0.4, -0.2) is 339 Å². The van der Waals surface area contributed by atoms with E-state index in [9.17, 15) is 68.4 Å². The van der Waals surface area contributed by atoms with Gasteiger partial charge in [-0.1, -0.05) is 104 Å². The Morgan fingerprint density at radius 2 is 0.871 bits per heavy atom. The minimum absolute atomic E-state index is 0.00422. The van der Waals surface area contributed by atoms with Crippen molar-refractivity contribution < 1.29 is 87.5 Å². The number of H-pyrrole nitrogens is 3. The number of carbonyl (C=O) groups is 14. The van der Waals surface area contributed by atoms with Crippen molar-refractivity contribution in [1.82, 2.24) is 108 Å². The second-order valence-electron chi connectivity index (χ2n) is 32.7. The average molecular weight is 1830 g/mol. The van der Waals surface area contributed by atoms with Gasteiger partial charge in [-0.15, -0.1) is 0 Å². The number of nitrogens with one attached hydrogen (secondary N) is 17. The van der Waals surface area contributed by atoms with Crippen molar-refractivity contribution >= 4 is 116 Å². The number of guanidine groups is 2. The first-order chi connectivity index (χ1) is 63.5. The van der Waals surface area contributed by atoms with Crippen LogP contribution in [0.2, 0.25) is 0 Å². The standard InChI is InChI=1S/C89H123N25O18/c1-94-49-74(116)103-66(22-13-31-98-88(90)91)80(125)105-69(44-60-47-101-65-21-10-8-19-63(60)65)83(128)109-72(54-115)85(130)107-70(45-61-48-95-55-102-61)84(129)104-67(23-14-32-99-89(92)93)81(126)106-68(43-59-46-100-64-20-9-7-18-62(59)64)82(127)108-71(42-56-25-27-58(28-26-56)79(124)57-16-5-4-6-17-57)87(132)114-33-15-24-73(114)86(131)97-30-12-3-2-11-29-96-75(117)50-110-34-36-111(51-76(118)119)38-40-113(53-78(122)123)41-39-112(37-35-110)52-77(120)121/h4-10,16-21,25-28,46-48,55,66-73,94,100-101,115H,2-3,11-15,22-24,29-45,49-54H2,1H3,(H,95,102)(H,96,117)(H,97,131)(H,103,116)(H,104,129)(H,105,125)(H,106,126)(H,107,130)(H,108,127)(H,109,128)(H,118,119)(H,120,121)(H,122,123)(H4,90,91,98)(H4,92,93,99)/t66-,67+,68-,69-,70-,71-,72-,73-/m0/s1. The summed E-state index contributed by atoms with van der Waals surface area (Å²) >= 11 is 0. The molecule has 8 atom stereocenters. The molecular formula is C89H123N25O18. The normalized spacial score (nSPS) is 15.8. The van der Waals surface area contributed by atoms with E-state index >= 15 is 19.2 Å². The first-order valence-corrected chi connectivity index (χ1v) is 44.2. The lowest BCUT2D eigenvalue weighted by molar-refractivity contribution is -0.141. The number of imidazole rings is 1. The highest BCUT2D eigenvalue weighted by Crippen LogP contribution is 2.25. The summed E-state index contributed by atoms with van der Waals surface area (Å²) in [5, 5.41) is 89.7. The zero-order chi connectivity index (χ0) is 95.0. The van der Waals surface area contributed by atoms with Gasteiger partial charge in [0.05, 0.1) is 45.7 Å². The Hall–Kier alpha value is -13.8. The first-order valence-electron chi connectivity index (χ1n) is 44.2.